The molecule has 1 aliphatic carbocycles. The second-order valence-corrected chi connectivity index (χ2v) is 14.5. The Balaban J connectivity index is 0.00000285. The van der Waals surface area contributed by atoms with Gasteiger partial charge in [-0.2, -0.15) is 0 Å². The van der Waals surface area contributed by atoms with E-state index in [1.807, 2.05) is 20.8 Å². The van der Waals surface area contributed by atoms with E-state index in [4.69, 9.17) is 0 Å². The Morgan fingerprint density at radius 1 is 0.387 bits per heavy atom. The van der Waals surface area contributed by atoms with Gasteiger partial charge in [0.2, 0.25) is 0 Å². The van der Waals surface area contributed by atoms with E-state index in [2.05, 4.69) is 269 Å². The van der Waals surface area contributed by atoms with E-state index in [-0.39, 0.29) is 0 Å². The van der Waals surface area contributed by atoms with Crippen LogP contribution in [0, 0.1) is 0 Å². The molecule has 0 bridgehead atoms. The number of benzene rings is 7. The predicted molar refractivity (Wildman–Crippen MR) is 268 cm³/mol. The summed E-state index contributed by atoms with van der Waals surface area (Å²) in [5.41, 5.74) is 13.1. The molecule has 4 heteroatoms. The van der Waals surface area contributed by atoms with E-state index >= 15 is 0 Å². The molecule has 308 valence electrons. The summed E-state index contributed by atoms with van der Waals surface area (Å²) in [4.78, 5) is 9.28. The van der Waals surface area contributed by atoms with Gasteiger partial charge in [-0.15, -0.1) is 0 Å². The number of anilines is 10. The fourth-order valence-corrected chi connectivity index (χ4v) is 7.69. The summed E-state index contributed by atoms with van der Waals surface area (Å²) in [6.45, 7) is 8.11. The molecule has 0 unspecified atom stereocenters. The van der Waals surface area contributed by atoms with Crippen molar-refractivity contribution in [3.63, 3.8) is 0 Å². The van der Waals surface area contributed by atoms with Gasteiger partial charge in [0.1, 0.15) is 0 Å². The maximum Gasteiger partial charge on any atom is 0.0463 e. The molecule has 0 saturated heterocycles. The molecule has 62 heavy (non-hydrogen) atoms. The Kier molecular flexibility index (Phi) is 14.8. The minimum Gasteiger partial charge on any atom is -0.311 e. The standard InChI is InChI=1S/C56H50N4.C2H6/c1-3-5-22-45(21-4-2)57(46-23-11-6-12-24-46)51-33-39-54(40-34-51)60(55-41-35-52(36-42-55)58(47-25-13-7-14-26-47)48-27-15-8-16-28-48)56-43-37-53(38-44-56)59(49-29-17-9-18-30-49)50-31-19-10-20-32-50;1-2/h3-9,11-19,21-44H,10,20H2,1-2H3;1-2H3/b5-3-,21-4-,45-22+;. The van der Waals surface area contributed by atoms with Crippen LogP contribution in [-0.2, 0) is 0 Å². The van der Waals surface area contributed by atoms with Crippen molar-refractivity contribution in [2.24, 2.45) is 0 Å². The van der Waals surface area contributed by atoms with E-state index in [1.165, 1.54) is 5.70 Å². The summed E-state index contributed by atoms with van der Waals surface area (Å²) < 4.78 is 0. The molecule has 0 fully saturated rings. The van der Waals surface area contributed by atoms with E-state index in [9.17, 15) is 0 Å². The van der Waals surface area contributed by atoms with Gasteiger partial charge in [-0.1, -0.05) is 117 Å². The molecule has 1 aliphatic rings. The van der Waals surface area contributed by atoms with Gasteiger partial charge >= 0.3 is 0 Å². The smallest absolute Gasteiger partial charge is 0.0463 e. The molecule has 7 aromatic rings. The van der Waals surface area contributed by atoms with Crippen molar-refractivity contribution in [1.82, 2.24) is 0 Å². The van der Waals surface area contributed by atoms with Gasteiger partial charge < -0.3 is 19.6 Å². The molecule has 0 spiro atoms. The minimum absolute atomic E-state index is 1.03. The van der Waals surface area contributed by atoms with Crippen LogP contribution in [0.25, 0.3) is 0 Å². The Hall–Kier alpha value is -7.56. The normalized spacial score (nSPS) is 12.4. The van der Waals surface area contributed by atoms with Crippen molar-refractivity contribution >= 4 is 56.9 Å². The van der Waals surface area contributed by atoms with Crippen molar-refractivity contribution in [2.75, 3.05) is 19.6 Å². The van der Waals surface area contributed by atoms with Gasteiger partial charge in [-0.25, -0.2) is 0 Å². The topological polar surface area (TPSA) is 13.0 Å². The molecule has 0 aliphatic heterocycles. The van der Waals surface area contributed by atoms with Gasteiger partial charge in [-0.05, 0) is 166 Å². The Labute approximate surface area is 369 Å². The van der Waals surface area contributed by atoms with E-state index in [0.29, 0.717) is 0 Å². The van der Waals surface area contributed by atoms with Gasteiger partial charge in [0.15, 0.2) is 0 Å². The SMILES string of the molecule is CC.C\C=C/C=C(\C=C/C)N(c1ccccc1)c1ccc(N(c2ccc(N(C3=CCCC=C3)c3ccccc3)cc2)c2ccc(N(c3ccccc3)c3ccccc3)cc2)cc1. The lowest BCUT2D eigenvalue weighted by Gasteiger charge is -2.31. The molecule has 0 radical (unpaired) electrons. The van der Waals surface area contributed by atoms with Crippen molar-refractivity contribution in [2.45, 2.75) is 40.5 Å². The van der Waals surface area contributed by atoms with Crippen molar-refractivity contribution < 1.29 is 0 Å². The van der Waals surface area contributed by atoms with Crippen LogP contribution >= 0.6 is 0 Å². The number of allylic oxidation sites excluding steroid dienone is 8. The van der Waals surface area contributed by atoms with Crippen LogP contribution in [0.5, 0.6) is 0 Å². The first-order valence-corrected chi connectivity index (χ1v) is 21.7. The summed E-state index contributed by atoms with van der Waals surface area (Å²) in [6, 6.07) is 69.0. The maximum atomic E-state index is 2.34. The molecule has 0 atom stereocenters. The number of rotatable bonds is 14. The van der Waals surface area contributed by atoms with Crippen molar-refractivity contribution in [3.8, 4) is 0 Å². The highest BCUT2D eigenvalue weighted by atomic mass is 15.2. The quantitative estimate of drug-likeness (QED) is 0.101. The molecular weight excluding hydrogens is 753 g/mol. The second kappa shape index (κ2) is 21.6. The maximum absolute atomic E-state index is 2.34. The lowest BCUT2D eigenvalue weighted by Crippen LogP contribution is -2.17. The van der Waals surface area contributed by atoms with Crippen molar-refractivity contribution in [1.29, 1.82) is 0 Å². The highest BCUT2D eigenvalue weighted by molar-refractivity contribution is 5.83. The van der Waals surface area contributed by atoms with E-state index < -0.39 is 0 Å². The van der Waals surface area contributed by atoms with Gasteiger partial charge in [0, 0.05) is 68.3 Å². The zero-order chi connectivity index (χ0) is 42.9. The molecular formula is C58H56N4. The number of para-hydroxylation sites is 4. The lowest BCUT2D eigenvalue weighted by molar-refractivity contribution is 0.997. The van der Waals surface area contributed by atoms with Crippen LogP contribution in [0.15, 0.2) is 254 Å². The van der Waals surface area contributed by atoms with Crippen LogP contribution in [0.4, 0.5) is 56.9 Å². The first-order chi connectivity index (χ1) is 30.7. The highest BCUT2D eigenvalue weighted by Crippen LogP contribution is 2.42. The summed E-state index contributed by atoms with van der Waals surface area (Å²) in [5.74, 6) is 0. The molecule has 0 heterocycles. The number of hydrogen-bond donors (Lipinski definition) is 0. The van der Waals surface area contributed by atoms with E-state index in [0.717, 1.165) is 75.4 Å². The van der Waals surface area contributed by atoms with Gasteiger partial charge in [0.25, 0.3) is 0 Å². The van der Waals surface area contributed by atoms with Gasteiger partial charge in [-0.3, -0.25) is 0 Å². The predicted octanol–water partition coefficient (Wildman–Crippen LogP) is 17.2. The third-order valence-electron chi connectivity index (χ3n) is 10.4. The van der Waals surface area contributed by atoms with Crippen LogP contribution in [0.3, 0.4) is 0 Å². The van der Waals surface area contributed by atoms with Crippen LogP contribution < -0.4 is 19.6 Å². The summed E-state index contributed by atoms with van der Waals surface area (Å²) in [5, 5.41) is 0. The third-order valence-corrected chi connectivity index (χ3v) is 10.4. The fourth-order valence-electron chi connectivity index (χ4n) is 7.69. The lowest BCUT2D eigenvalue weighted by atomic mass is 10.1. The third kappa shape index (κ3) is 10.1. The second-order valence-electron chi connectivity index (χ2n) is 14.5. The van der Waals surface area contributed by atoms with Crippen LogP contribution in [-0.4, -0.2) is 0 Å². The molecule has 0 amide bonds. The van der Waals surface area contributed by atoms with Crippen LogP contribution in [0.2, 0.25) is 0 Å². The molecule has 0 aromatic heterocycles. The minimum atomic E-state index is 1.03. The Bertz CT molecular complexity index is 2530. The molecule has 0 N–H and O–H groups in total. The summed E-state index contributed by atoms with van der Waals surface area (Å²) >= 11 is 0. The fraction of sp³-hybridized carbons (Fsp3) is 0.103. The molecule has 0 saturated carbocycles. The highest BCUT2D eigenvalue weighted by Gasteiger charge is 2.20. The largest absolute Gasteiger partial charge is 0.311 e. The van der Waals surface area contributed by atoms with Crippen LogP contribution in [0.1, 0.15) is 40.5 Å². The zero-order valence-electron chi connectivity index (χ0n) is 36.3. The first-order valence-electron chi connectivity index (χ1n) is 21.7. The first kappa shape index (κ1) is 42.6. The van der Waals surface area contributed by atoms with Crippen molar-refractivity contribution in [3.05, 3.63) is 254 Å². The molecule has 8 rings (SSSR count). The molecule has 4 nitrogen and oxygen atoms in total. The zero-order valence-corrected chi connectivity index (χ0v) is 36.3. The van der Waals surface area contributed by atoms with E-state index in [1.54, 1.807) is 0 Å². The monoisotopic (exact) mass is 808 g/mol. The number of hydrogen-bond acceptors (Lipinski definition) is 4. The average Bonchev–Trinajstić information content (AvgIpc) is 3.35. The Morgan fingerprint density at radius 3 is 1.10 bits per heavy atom. The molecule has 7 aromatic carbocycles. The van der Waals surface area contributed by atoms with Gasteiger partial charge in [0.05, 0.1) is 0 Å². The number of nitrogens with zero attached hydrogens (tertiary/aromatic N) is 4. The average molecular weight is 809 g/mol. The summed E-state index contributed by atoms with van der Waals surface area (Å²) in [6.07, 6.45) is 19.5. The summed E-state index contributed by atoms with van der Waals surface area (Å²) in [7, 11) is 0. The Morgan fingerprint density at radius 2 is 0.726 bits per heavy atom.